The highest BCUT2D eigenvalue weighted by atomic mass is 35.5. The molecule has 0 aliphatic carbocycles. The lowest BCUT2D eigenvalue weighted by Crippen LogP contribution is -2.38. The average Bonchev–Trinajstić information content (AvgIpc) is 3.15. The number of aromatic nitrogens is 2. The summed E-state index contributed by atoms with van der Waals surface area (Å²) in [6, 6.07) is 13.9. The second-order valence-electron chi connectivity index (χ2n) is 5.71. The molecule has 0 unspecified atom stereocenters. The third-order valence-electron chi connectivity index (χ3n) is 3.85. The van der Waals surface area contributed by atoms with Crippen molar-refractivity contribution in [3.05, 3.63) is 70.8 Å². The number of halogens is 2. The molecule has 0 amide bonds. The Bertz CT molecular complexity index is 910. The van der Waals surface area contributed by atoms with Crippen molar-refractivity contribution in [2.24, 2.45) is 4.99 Å². The molecule has 0 saturated heterocycles. The van der Waals surface area contributed by atoms with E-state index in [1.54, 1.807) is 31.3 Å². The highest BCUT2D eigenvalue weighted by molar-refractivity contribution is 6.30. The van der Waals surface area contributed by atoms with Crippen LogP contribution >= 0.6 is 11.6 Å². The normalized spacial score (nSPS) is 11.4. The van der Waals surface area contributed by atoms with Gasteiger partial charge in [-0.05, 0) is 42.3 Å². The van der Waals surface area contributed by atoms with Crippen molar-refractivity contribution >= 4 is 17.6 Å². The first-order valence-electron chi connectivity index (χ1n) is 8.42. The molecule has 3 aromatic rings. The van der Waals surface area contributed by atoms with Gasteiger partial charge in [-0.1, -0.05) is 35.0 Å². The minimum absolute atomic E-state index is 0.206. The molecule has 6 nitrogen and oxygen atoms in total. The maximum atomic E-state index is 13.6. The van der Waals surface area contributed by atoms with Gasteiger partial charge in [-0.15, -0.1) is 0 Å². The summed E-state index contributed by atoms with van der Waals surface area (Å²) in [7, 11) is 1.66. The summed E-state index contributed by atoms with van der Waals surface area (Å²) >= 11 is 5.88. The summed E-state index contributed by atoms with van der Waals surface area (Å²) in [6.07, 6.45) is 0.550. The average molecular weight is 388 g/mol. The quantitative estimate of drug-likeness (QED) is 0.500. The second kappa shape index (κ2) is 9.14. The van der Waals surface area contributed by atoms with Crippen LogP contribution in [0.25, 0.3) is 11.4 Å². The summed E-state index contributed by atoms with van der Waals surface area (Å²) in [6.45, 7) is 0.862. The van der Waals surface area contributed by atoms with Gasteiger partial charge >= 0.3 is 0 Å². The Labute approximate surface area is 161 Å². The molecule has 2 aromatic carbocycles. The smallest absolute Gasteiger partial charge is 0.246 e. The van der Waals surface area contributed by atoms with Gasteiger partial charge in [0.15, 0.2) is 5.96 Å². The lowest BCUT2D eigenvalue weighted by Gasteiger charge is -2.10. The Hall–Kier alpha value is -2.93. The Kier molecular flexibility index (Phi) is 6.38. The number of nitrogens with zero attached hydrogens (tertiary/aromatic N) is 3. The number of benzene rings is 2. The third-order valence-corrected chi connectivity index (χ3v) is 4.10. The van der Waals surface area contributed by atoms with Crippen LogP contribution in [0.1, 0.15) is 11.5 Å². The third kappa shape index (κ3) is 5.27. The maximum Gasteiger partial charge on any atom is 0.246 e. The van der Waals surface area contributed by atoms with Gasteiger partial charge in [-0.3, -0.25) is 4.99 Å². The van der Waals surface area contributed by atoms with Gasteiger partial charge in [0.1, 0.15) is 5.82 Å². The van der Waals surface area contributed by atoms with Crippen LogP contribution in [0.2, 0.25) is 5.02 Å². The van der Waals surface area contributed by atoms with Gasteiger partial charge in [0.05, 0.1) is 6.54 Å². The van der Waals surface area contributed by atoms with Crippen molar-refractivity contribution in [3.63, 3.8) is 0 Å². The lowest BCUT2D eigenvalue weighted by molar-refractivity contribution is 0.375. The molecule has 3 rings (SSSR count). The number of rotatable bonds is 6. The maximum absolute atomic E-state index is 13.6. The number of aliphatic imine (C=N–C) groups is 1. The summed E-state index contributed by atoms with van der Waals surface area (Å²) in [5.74, 6) is 1.28. The van der Waals surface area contributed by atoms with Gasteiger partial charge in [0, 0.05) is 24.2 Å². The van der Waals surface area contributed by atoms with E-state index < -0.39 is 0 Å². The Morgan fingerprint density at radius 3 is 2.67 bits per heavy atom. The molecule has 0 fully saturated rings. The zero-order valence-corrected chi connectivity index (χ0v) is 15.5. The molecule has 0 saturated carbocycles. The van der Waals surface area contributed by atoms with Crippen LogP contribution < -0.4 is 10.6 Å². The van der Waals surface area contributed by atoms with Crippen LogP contribution in [0.4, 0.5) is 4.39 Å². The molecular formula is C19H19ClFN5O. The molecule has 2 N–H and O–H groups in total. The van der Waals surface area contributed by atoms with E-state index in [1.807, 2.05) is 18.2 Å². The predicted molar refractivity (Wildman–Crippen MR) is 103 cm³/mol. The number of hydrogen-bond donors (Lipinski definition) is 2. The van der Waals surface area contributed by atoms with Gasteiger partial charge in [0.2, 0.25) is 11.7 Å². The first-order valence-corrected chi connectivity index (χ1v) is 8.80. The molecule has 1 heterocycles. The number of hydrogen-bond acceptors (Lipinski definition) is 4. The zero-order valence-electron chi connectivity index (χ0n) is 14.7. The highest BCUT2D eigenvalue weighted by Gasteiger charge is 2.09. The van der Waals surface area contributed by atoms with Crippen molar-refractivity contribution in [3.8, 4) is 11.4 Å². The molecule has 8 heteroatoms. The van der Waals surface area contributed by atoms with Crippen molar-refractivity contribution in [1.82, 2.24) is 20.8 Å². The van der Waals surface area contributed by atoms with Crippen molar-refractivity contribution in [1.29, 1.82) is 0 Å². The van der Waals surface area contributed by atoms with Crippen LogP contribution in [0.5, 0.6) is 0 Å². The van der Waals surface area contributed by atoms with Crippen LogP contribution in [0.3, 0.4) is 0 Å². The first kappa shape index (κ1) is 18.8. The molecule has 0 aliphatic heterocycles. The monoisotopic (exact) mass is 387 g/mol. The van der Waals surface area contributed by atoms with Gasteiger partial charge in [-0.25, -0.2) is 4.39 Å². The van der Waals surface area contributed by atoms with Crippen LogP contribution in [-0.4, -0.2) is 29.7 Å². The van der Waals surface area contributed by atoms with Crippen molar-refractivity contribution in [2.45, 2.75) is 13.0 Å². The highest BCUT2D eigenvalue weighted by Crippen LogP contribution is 2.18. The lowest BCUT2D eigenvalue weighted by atomic mass is 10.1. The fraction of sp³-hybridized carbons (Fsp3) is 0.211. The van der Waals surface area contributed by atoms with E-state index in [9.17, 15) is 4.39 Å². The van der Waals surface area contributed by atoms with E-state index >= 15 is 0 Å². The molecule has 27 heavy (non-hydrogen) atoms. The first-order chi connectivity index (χ1) is 13.2. The Morgan fingerprint density at radius 1 is 1.15 bits per heavy atom. The van der Waals surface area contributed by atoms with Crippen LogP contribution in [-0.2, 0) is 13.0 Å². The standard InChI is InChI=1S/C19H19ClFN5O/c1-22-19(23-11-10-13-4-2-3-5-16(13)21)24-12-17-25-18(26-27-17)14-6-8-15(20)9-7-14/h2-9H,10-12H2,1H3,(H2,22,23,24). The van der Waals surface area contributed by atoms with Gasteiger partial charge in [0.25, 0.3) is 0 Å². The summed E-state index contributed by atoms with van der Waals surface area (Å²) < 4.78 is 18.9. The number of guanidine groups is 1. The van der Waals surface area contributed by atoms with Crippen LogP contribution in [0, 0.1) is 5.82 Å². The minimum Gasteiger partial charge on any atom is -0.356 e. The fourth-order valence-corrected chi connectivity index (χ4v) is 2.57. The summed E-state index contributed by atoms with van der Waals surface area (Å²) in [5.41, 5.74) is 1.48. The van der Waals surface area contributed by atoms with E-state index in [-0.39, 0.29) is 5.82 Å². The summed E-state index contributed by atoms with van der Waals surface area (Å²) in [5, 5.41) is 10.8. The van der Waals surface area contributed by atoms with Crippen molar-refractivity contribution < 1.29 is 8.91 Å². The van der Waals surface area contributed by atoms with E-state index in [4.69, 9.17) is 16.1 Å². The molecule has 1 aromatic heterocycles. The van der Waals surface area contributed by atoms with E-state index in [0.717, 1.165) is 5.56 Å². The number of nitrogens with one attached hydrogen (secondary N) is 2. The largest absolute Gasteiger partial charge is 0.356 e. The topological polar surface area (TPSA) is 75.3 Å². The minimum atomic E-state index is -0.206. The zero-order chi connectivity index (χ0) is 19.1. The van der Waals surface area contributed by atoms with Gasteiger partial charge in [-0.2, -0.15) is 4.98 Å². The van der Waals surface area contributed by atoms with Crippen LogP contribution in [0.15, 0.2) is 58.0 Å². The molecule has 0 atom stereocenters. The Balaban J connectivity index is 1.49. The molecule has 0 radical (unpaired) electrons. The molecule has 0 bridgehead atoms. The fourth-order valence-electron chi connectivity index (χ4n) is 2.44. The molecule has 0 spiro atoms. The van der Waals surface area contributed by atoms with E-state index in [0.29, 0.717) is 47.8 Å². The molecule has 140 valence electrons. The van der Waals surface area contributed by atoms with E-state index in [2.05, 4.69) is 25.8 Å². The summed E-state index contributed by atoms with van der Waals surface area (Å²) in [4.78, 5) is 8.47. The van der Waals surface area contributed by atoms with E-state index in [1.165, 1.54) is 6.07 Å². The Morgan fingerprint density at radius 2 is 1.93 bits per heavy atom. The molecule has 0 aliphatic rings. The van der Waals surface area contributed by atoms with Crippen molar-refractivity contribution in [2.75, 3.05) is 13.6 Å². The SMILES string of the molecule is CN=C(NCCc1ccccc1F)NCc1nc(-c2ccc(Cl)cc2)no1. The predicted octanol–water partition coefficient (Wildman–Crippen LogP) is 3.44. The molecular weight excluding hydrogens is 369 g/mol. The second-order valence-corrected chi connectivity index (χ2v) is 6.15. The van der Waals surface area contributed by atoms with Gasteiger partial charge < -0.3 is 15.2 Å².